The molecular weight excluding hydrogens is 755 g/mol. The molecule has 0 radical (unpaired) electrons. The minimum absolute atomic E-state index is 0.119. The fourth-order valence-corrected chi connectivity index (χ4v) is 6.97. The van der Waals surface area contributed by atoms with Crippen LogP contribution in [0.1, 0.15) is 40.5 Å². The van der Waals surface area contributed by atoms with Crippen molar-refractivity contribution >= 4 is 81.4 Å². The van der Waals surface area contributed by atoms with Gasteiger partial charge in [-0.2, -0.15) is 0 Å². The highest BCUT2D eigenvalue weighted by Crippen LogP contribution is 2.33. The quantitative estimate of drug-likeness (QED) is 0.180. The van der Waals surface area contributed by atoms with Crippen molar-refractivity contribution in [2.24, 2.45) is 11.8 Å². The molecule has 54 heavy (non-hydrogen) atoms. The SMILES string of the molecule is COc1ccc(NC(=S)NCC(=O)N[C@H](C(=O)NCC(=O)N[C@H](C(=O)N2CCC[C@H]2C(=O)N2CCN(c3cccc(Cl)c3Cl)CC2)C(C)C)C(C)C)cc1. The number of methoxy groups -OCH3 is 1. The zero-order valence-electron chi connectivity index (χ0n) is 31.2. The summed E-state index contributed by atoms with van der Waals surface area (Å²) in [5.41, 5.74) is 1.52. The molecule has 2 aromatic rings. The first kappa shape index (κ1) is 42.4. The largest absolute Gasteiger partial charge is 0.497 e. The van der Waals surface area contributed by atoms with Gasteiger partial charge >= 0.3 is 0 Å². The molecule has 0 aliphatic carbocycles. The lowest BCUT2D eigenvalue weighted by atomic mass is 10.0. The number of carbonyl (C=O) groups is 5. The number of carbonyl (C=O) groups excluding carboxylic acids is 5. The van der Waals surface area contributed by atoms with E-state index >= 15 is 0 Å². The number of hydrogen-bond acceptors (Lipinski definition) is 8. The number of rotatable bonds is 14. The first-order chi connectivity index (χ1) is 25.7. The number of benzene rings is 2. The van der Waals surface area contributed by atoms with Crippen molar-refractivity contribution in [2.45, 2.75) is 58.7 Å². The van der Waals surface area contributed by atoms with Gasteiger partial charge in [0.15, 0.2) is 5.11 Å². The summed E-state index contributed by atoms with van der Waals surface area (Å²) in [5, 5.41) is 15.0. The van der Waals surface area contributed by atoms with E-state index in [-0.39, 0.29) is 35.3 Å². The molecule has 0 bridgehead atoms. The predicted octanol–water partition coefficient (Wildman–Crippen LogP) is 3.03. The second-order valence-electron chi connectivity index (χ2n) is 13.9. The molecule has 2 heterocycles. The van der Waals surface area contributed by atoms with Crippen molar-refractivity contribution in [3.63, 3.8) is 0 Å². The standard InChI is InChI=1S/C37H50Cl2N8O6S/c1-22(2)32(43-30(49)21-41-37(54)42-24-11-13-25(53-5)14-12-24)34(50)40-20-29(48)44-33(23(3)4)36(52)47-15-7-10-28(47)35(51)46-18-16-45(17-19-46)27-9-6-8-26(38)31(27)39/h6,8-9,11-14,22-23,28,32-33H,7,10,15-21H2,1-5H3,(H,40,50)(H,43,49)(H,44,48)(H2,41,42,54)/t28-,32-,33-/m0/s1. The molecule has 0 spiro atoms. The van der Waals surface area contributed by atoms with Gasteiger partial charge in [0.2, 0.25) is 29.5 Å². The van der Waals surface area contributed by atoms with Crippen LogP contribution in [-0.2, 0) is 24.0 Å². The van der Waals surface area contributed by atoms with Crippen LogP contribution in [0.5, 0.6) is 5.75 Å². The first-order valence-corrected chi connectivity index (χ1v) is 19.2. The second kappa shape index (κ2) is 19.8. The van der Waals surface area contributed by atoms with Crippen LogP contribution in [0.25, 0.3) is 0 Å². The summed E-state index contributed by atoms with van der Waals surface area (Å²) < 4.78 is 5.14. The molecule has 5 N–H and O–H groups in total. The Bertz CT molecular complexity index is 1670. The topological polar surface area (TPSA) is 164 Å². The second-order valence-corrected chi connectivity index (χ2v) is 15.1. The van der Waals surface area contributed by atoms with Gasteiger partial charge in [0.05, 0.1) is 35.9 Å². The highest BCUT2D eigenvalue weighted by Gasteiger charge is 2.41. The normalized spacial score (nSPS) is 16.8. The van der Waals surface area contributed by atoms with E-state index in [1.54, 1.807) is 61.1 Å². The van der Waals surface area contributed by atoms with Crippen LogP contribution < -0.4 is 36.2 Å². The lowest BCUT2D eigenvalue weighted by Gasteiger charge is -2.39. The van der Waals surface area contributed by atoms with Gasteiger partial charge in [0.25, 0.3) is 0 Å². The summed E-state index contributed by atoms with van der Waals surface area (Å²) in [4.78, 5) is 71.9. The Morgan fingerprint density at radius 2 is 1.44 bits per heavy atom. The molecule has 17 heteroatoms. The van der Waals surface area contributed by atoms with Crippen LogP contribution in [0.3, 0.4) is 0 Å². The Labute approximate surface area is 332 Å². The number of hydrogen-bond donors (Lipinski definition) is 5. The molecule has 3 atom stereocenters. The molecule has 294 valence electrons. The Balaban J connectivity index is 1.25. The van der Waals surface area contributed by atoms with Gasteiger partial charge in [-0.25, -0.2) is 0 Å². The fraction of sp³-hybridized carbons (Fsp3) is 0.514. The van der Waals surface area contributed by atoms with Crippen LogP contribution >= 0.6 is 35.4 Å². The Hall–Kier alpha value is -4.34. The number of halogens is 2. The van der Waals surface area contributed by atoms with E-state index in [9.17, 15) is 24.0 Å². The van der Waals surface area contributed by atoms with Crippen molar-refractivity contribution in [3.05, 3.63) is 52.5 Å². The van der Waals surface area contributed by atoms with E-state index in [1.165, 1.54) is 0 Å². The van der Waals surface area contributed by atoms with Gasteiger partial charge in [-0.15, -0.1) is 0 Å². The molecule has 2 aliphatic heterocycles. The van der Waals surface area contributed by atoms with Crippen molar-refractivity contribution in [1.29, 1.82) is 0 Å². The van der Waals surface area contributed by atoms with Gasteiger partial charge < -0.3 is 46.0 Å². The Morgan fingerprint density at radius 1 is 0.833 bits per heavy atom. The molecule has 0 unspecified atom stereocenters. The first-order valence-electron chi connectivity index (χ1n) is 18.0. The highest BCUT2D eigenvalue weighted by atomic mass is 35.5. The van der Waals surface area contributed by atoms with Crippen LogP contribution in [0, 0.1) is 11.8 Å². The number of piperazine rings is 1. The third-order valence-corrected chi connectivity index (χ3v) is 10.4. The Kier molecular flexibility index (Phi) is 15.6. The lowest BCUT2D eigenvalue weighted by Crippen LogP contribution is -2.58. The third-order valence-electron chi connectivity index (χ3n) is 9.38. The number of nitrogens with one attached hydrogen (secondary N) is 5. The summed E-state index contributed by atoms with van der Waals surface area (Å²) in [5.74, 6) is -1.96. The third kappa shape index (κ3) is 11.3. The molecule has 0 aromatic heterocycles. The maximum atomic E-state index is 13.9. The molecule has 2 aromatic carbocycles. The molecule has 4 rings (SSSR count). The Morgan fingerprint density at radius 3 is 2.06 bits per heavy atom. The van der Waals surface area contributed by atoms with E-state index in [2.05, 4.69) is 31.5 Å². The minimum atomic E-state index is -0.932. The van der Waals surface area contributed by atoms with Crippen molar-refractivity contribution in [3.8, 4) is 5.75 Å². The monoisotopic (exact) mass is 804 g/mol. The fourth-order valence-electron chi connectivity index (χ4n) is 6.37. The number of anilines is 2. The van der Waals surface area contributed by atoms with E-state index < -0.39 is 42.4 Å². The molecular formula is C37H50Cl2N8O6S. The van der Waals surface area contributed by atoms with Gasteiger partial charge in [-0.1, -0.05) is 57.0 Å². The predicted molar refractivity (Wildman–Crippen MR) is 214 cm³/mol. The maximum Gasteiger partial charge on any atom is 0.246 e. The molecule has 2 saturated heterocycles. The molecule has 5 amide bonds. The maximum absolute atomic E-state index is 13.9. The minimum Gasteiger partial charge on any atom is -0.497 e. The van der Waals surface area contributed by atoms with Crippen molar-refractivity contribution in [1.82, 2.24) is 31.1 Å². The smallest absolute Gasteiger partial charge is 0.246 e. The average Bonchev–Trinajstić information content (AvgIpc) is 3.65. The number of ether oxygens (including phenoxy) is 1. The van der Waals surface area contributed by atoms with Crippen LogP contribution in [-0.4, -0.2) is 115 Å². The summed E-state index contributed by atoms with van der Waals surface area (Å²) in [6.07, 6.45) is 1.19. The molecule has 14 nitrogen and oxygen atoms in total. The van der Waals surface area contributed by atoms with E-state index in [0.29, 0.717) is 67.0 Å². The highest BCUT2D eigenvalue weighted by molar-refractivity contribution is 7.80. The van der Waals surface area contributed by atoms with Crippen LogP contribution in [0.4, 0.5) is 11.4 Å². The summed E-state index contributed by atoms with van der Waals surface area (Å²) in [6.45, 7) is 9.02. The number of likely N-dealkylation sites (tertiary alicyclic amines) is 1. The van der Waals surface area contributed by atoms with Crippen LogP contribution in [0.15, 0.2) is 42.5 Å². The summed E-state index contributed by atoms with van der Waals surface area (Å²) in [7, 11) is 1.57. The van der Waals surface area contributed by atoms with Gasteiger partial charge in [0, 0.05) is 38.4 Å². The van der Waals surface area contributed by atoms with Crippen LogP contribution in [0.2, 0.25) is 10.0 Å². The van der Waals surface area contributed by atoms with Crippen molar-refractivity contribution in [2.75, 3.05) is 63.1 Å². The average molecular weight is 806 g/mol. The van der Waals surface area contributed by atoms with E-state index in [4.69, 9.17) is 40.2 Å². The summed E-state index contributed by atoms with van der Waals surface area (Å²) in [6, 6.07) is 10.1. The molecule has 2 aliphatic rings. The van der Waals surface area contributed by atoms with E-state index in [1.807, 2.05) is 26.0 Å². The van der Waals surface area contributed by atoms with E-state index in [0.717, 1.165) is 5.69 Å². The van der Waals surface area contributed by atoms with Gasteiger partial charge in [-0.3, -0.25) is 24.0 Å². The van der Waals surface area contributed by atoms with Gasteiger partial charge in [0.1, 0.15) is 23.9 Å². The number of thiocarbonyl (C=S) groups is 1. The molecule has 0 saturated carbocycles. The van der Waals surface area contributed by atoms with Crippen molar-refractivity contribution < 1.29 is 28.7 Å². The summed E-state index contributed by atoms with van der Waals surface area (Å²) >= 11 is 17.9. The molecule has 2 fully saturated rings. The number of amides is 5. The van der Waals surface area contributed by atoms with Gasteiger partial charge in [-0.05, 0) is 73.3 Å². The number of nitrogens with zero attached hydrogens (tertiary/aromatic N) is 3. The zero-order valence-corrected chi connectivity index (χ0v) is 33.6. The lowest BCUT2D eigenvalue weighted by molar-refractivity contribution is -0.146. The zero-order chi connectivity index (χ0) is 39.5.